The van der Waals surface area contributed by atoms with Crippen LogP contribution < -0.4 is 0 Å². The van der Waals surface area contributed by atoms with Gasteiger partial charge in [0.05, 0.1) is 17.7 Å². The van der Waals surface area contributed by atoms with Gasteiger partial charge in [-0.3, -0.25) is 9.59 Å². The van der Waals surface area contributed by atoms with Crippen molar-refractivity contribution in [3.63, 3.8) is 0 Å². The number of hydrogen-bond acceptors (Lipinski definition) is 5. The number of aliphatic carboxylic acids is 1. The van der Waals surface area contributed by atoms with Crippen LogP contribution in [0, 0.1) is 5.92 Å². The number of nitrogens with zero attached hydrogens (tertiary/aromatic N) is 1. The lowest BCUT2D eigenvalue weighted by molar-refractivity contribution is -0.169. The maximum atomic E-state index is 12.6. The maximum Gasteiger partial charge on any atom is 0.330 e. The van der Waals surface area contributed by atoms with E-state index in [2.05, 4.69) is 0 Å². The number of ether oxygens (including phenoxy) is 1. The normalized spacial score (nSPS) is 27.3. The zero-order chi connectivity index (χ0) is 17.5. The number of rotatable bonds is 5. The molecule has 3 rings (SSSR count). The minimum atomic E-state index is -0.999. The molecule has 3 atom stereocenters. The molecule has 2 aliphatic heterocycles. The lowest BCUT2D eigenvalue weighted by Crippen LogP contribution is -2.63. The minimum Gasteiger partial charge on any atom is -0.481 e. The van der Waals surface area contributed by atoms with Gasteiger partial charge in [-0.15, -0.1) is 11.8 Å². The van der Waals surface area contributed by atoms with Crippen LogP contribution in [0.2, 0.25) is 0 Å². The second-order valence-electron chi connectivity index (χ2n) is 6.56. The maximum absolute atomic E-state index is 12.6. The van der Waals surface area contributed by atoms with Crippen molar-refractivity contribution in [1.82, 2.24) is 4.90 Å². The summed E-state index contributed by atoms with van der Waals surface area (Å²) in [6, 6.07) is 8.65. The first-order valence-electron chi connectivity index (χ1n) is 7.73. The van der Waals surface area contributed by atoms with Gasteiger partial charge in [-0.25, -0.2) is 4.79 Å². The number of β-lactam (4-membered cyclic amide) rings is 1. The highest BCUT2D eigenvalue weighted by molar-refractivity contribution is 8.01. The number of thioether (sulfide) groups is 1. The average Bonchev–Trinajstić information content (AvgIpc) is 2.79. The Morgan fingerprint density at radius 1 is 1.29 bits per heavy atom. The summed E-state index contributed by atoms with van der Waals surface area (Å²) in [6.07, 6.45) is -0.200. The van der Waals surface area contributed by atoms with Gasteiger partial charge in [0.15, 0.2) is 0 Å². The van der Waals surface area contributed by atoms with Crippen molar-refractivity contribution in [2.75, 3.05) is 0 Å². The van der Waals surface area contributed by atoms with E-state index in [1.54, 1.807) is 0 Å². The molecule has 2 heterocycles. The van der Waals surface area contributed by atoms with Crippen LogP contribution in [-0.2, 0) is 25.7 Å². The molecule has 1 N–H and O–H groups in total. The van der Waals surface area contributed by atoms with Gasteiger partial charge in [-0.2, -0.15) is 0 Å². The van der Waals surface area contributed by atoms with Crippen molar-refractivity contribution in [3.8, 4) is 0 Å². The quantitative estimate of drug-likeness (QED) is 0.645. The van der Waals surface area contributed by atoms with E-state index in [4.69, 9.17) is 9.84 Å². The van der Waals surface area contributed by atoms with E-state index in [9.17, 15) is 14.4 Å². The molecule has 2 saturated heterocycles. The monoisotopic (exact) mass is 349 g/mol. The van der Waals surface area contributed by atoms with Crippen molar-refractivity contribution in [2.45, 2.75) is 43.0 Å². The molecule has 128 valence electrons. The van der Waals surface area contributed by atoms with Crippen LogP contribution in [0.3, 0.4) is 0 Å². The van der Waals surface area contributed by atoms with Crippen molar-refractivity contribution >= 4 is 29.6 Å². The van der Waals surface area contributed by atoms with Gasteiger partial charge in [-0.1, -0.05) is 30.3 Å². The second-order valence-corrected chi connectivity index (χ2v) is 8.33. The number of carboxylic acid groups (broad SMARTS) is 1. The first kappa shape index (κ1) is 16.8. The van der Waals surface area contributed by atoms with Crippen LogP contribution in [0.25, 0.3) is 0 Å². The zero-order valence-electron chi connectivity index (χ0n) is 13.5. The summed E-state index contributed by atoms with van der Waals surface area (Å²) in [5.41, 5.74) is 0.879. The molecule has 1 amide bonds. The van der Waals surface area contributed by atoms with E-state index < -0.39 is 28.6 Å². The van der Waals surface area contributed by atoms with E-state index in [1.807, 2.05) is 44.2 Å². The number of esters is 1. The third-order valence-electron chi connectivity index (χ3n) is 4.39. The van der Waals surface area contributed by atoms with Gasteiger partial charge in [-0.05, 0) is 19.4 Å². The lowest BCUT2D eigenvalue weighted by atomic mass is 9.89. The predicted octanol–water partition coefficient (Wildman–Crippen LogP) is 1.88. The van der Waals surface area contributed by atoms with E-state index in [1.165, 1.54) is 16.7 Å². The van der Waals surface area contributed by atoms with Gasteiger partial charge in [0.2, 0.25) is 5.91 Å². The number of carbonyl (C=O) groups excluding carboxylic acids is 2. The highest BCUT2D eigenvalue weighted by atomic mass is 32.2. The Bertz CT molecular complexity index is 675. The summed E-state index contributed by atoms with van der Waals surface area (Å²) in [7, 11) is 0. The number of carbonyl (C=O) groups is 3. The molecule has 0 unspecified atom stereocenters. The topological polar surface area (TPSA) is 83.9 Å². The Kier molecular flexibility index (Phi) is 4.29. The predicted molar refractivity (Wildman–Crippen MR) is 88.1 cm³/mol. The molecule has 0 saturated carbocycles. The van der Waals surface area contributed by atoms with Gasteiger partial charge in [0, 0.05) is 4.75 Å². The summed E-state index contributed by atoms with van der Waals surface area (Å²) in [4.78, 5) is 37.2. The van der Waals surface area contributed by atoms with Crippen LogP contribution in [0.5, 0.6) is 0 Å². The fraction of sp³-hybridized carbons (Fsp3) is 0.471. The van der Waals surface area contributed by atoms with Gasteiger partial charge < -0.3 is 14.7 Å². The Morgan fingerprint density at radius 3 is 2.58 bits per heavy atom. The molecular formula is C17H19NO5S. The molecule has 0 spiro atoms. The van der Waals surface area contributed by atoms with Crippen LogP contribution in [-0.4, -0.2) is 44.0 Å². The van der Waals surface area contributed by atoms with Crippen LogP contribution in [0.1, 0.15) is 25.8 Å². The summed E-state index contributed by atoms with van der Waals surface area (Å²) in [5, 5.41) is 8.66. The number of carboxylic acids is 1. The second kappa shape index (κ2) is 6.12. The van der Waals surface area contributed by atoms with E-state index in [-0.39, 0.29) is 24.3 Å². The summed E-state index contributed by atoms with van der Waals surface area (Å²) in [6.45, 7) is 3.92. The SMILES string of the molecule is CC1(C)S[C@@H]2[C@H](CC(=O)O)C(=O)N2[C@H]1C(=O)OCc1ccccc1. The lowest BCUT2D eigenvalue weighted by Gasteiger charge is -2.43. The molecule has 24 heavy (non-hydrogen) atoms. The van der Waals surface area contributed by atoms with Crippen molar-refractivity contribution in [3.05, 3.63) is 35.9 Å². The van der Waals surface area contributed by atoms with Gasteiger partial charge in [0.1, 0.15) is 12.6 Å². The van der Waals surface area contributed by atoms with E-state index in [0.717, 1.165) is 5.56 Å². The molecule has 2 fully saturated rings. The smallest absolute Gasteiger partial charge is 0.330 e. The molecule has 7 heteroatoms. The Morgan fingerprint density at radius 2 is 1.96 bits per heavy atom. The Hall–Kier alpha value is -2.02. The fourth-order valence-corrected chi connectivity index (χ4v) is 4.93. The molecular weight excluding hydrogens is 330 g/mol. The van der Waals surface area contributed by atoms with Crippen LogP contribution >= 0.6 is 11.8 Å². The Balaban J connectivity index is 1.69. The number of amides is 1. The number of benzene rings is 1. The number of hydrogen-bond donors (Lipinski definition) is 1. The summed E-state index contributed by atoms with van der Waals surface area (Å²) < 4.78 is 4.89. The molecule has 1 aromatic carbocycles. The van der Waals surface area contributed by atoms with Crippen LogP contribution in [0.4, 0.5) is 0 Å². The highest BCUT2D eigenvalue weighted by Crippen LogP contribution is 2.54. The summed E-state index contributed by atoms with van der Waals surface area (Å²) >= 11 is 1.47. The molecule has 0 bridgehead atoms. The highest BCUT2D eigenvalue weighted by Gasteiger charge is 2.64. The number of fused-ring (bicyclic) bond motifs is 1. The van der Waals surface area contributed by atoms with E-state index >= 15 is 0 Å². The third-order valence-corrected chi connectivity index (χ3v) is 6.02. The largest absolute Gasteiger partial charge is 0.481 e. The molecule has 1 aromatic rings. The first-order valence-corrected chi connectivity index (χ1v) is 8.61. The molecule has 6 nitrogen and oxygen atoms in total. The van der Waals surface area contributed by atoms with Crippen molar-refractivity contribution in [1.29, 1.82) is 0 Å². The molecule has 0 radical (unpaired) electrons. The first-order chi connectivity index (χ1) is 11.3. The molecule has 0 aromatic heterocycles. The van der Waals surface area contributed by atoms with E-state index in [0.29, 0.717) is 0 Å². The molecule has 2 aliphatic rings. The third kappa shape index (κ3) is 2.88. The van der Waals surface area contributed by atoms with Gasteiger partial charge in [0.25, 0.3) is 0 Å². The van der Waals surface area contributed by atoms with Crippen LogP contribution in [0.15, 0.2) is 30.3 Å². The standard InChI is InChI=1S/C17H19NO5S/c1-17(2)13(16(22)23-9-10-6-4-3-5-7-10)18-14(21)11(8-12(19)20)15(18)24-17/h3-7,11,13,15H,8-9H2,1-2H3,(H,19,20)/t11-,13+,15-/m1/s1. The molecule has 0 aliphatic carbocycles. The fourth-order valence-electron chi connectivity index (χ4n) is 3.26. The average molecular weight is 349 g/mol. The Labute approximate surface area is 144 Å². The van der Waals surface area contributed by atoms with Crippen molar-refractivity contribution in [2.24, 2.45) is 5.92 Å². The van der Waals surface area contributed by atoms with Gasteiger partial charge >= 0.3 is 11.9 Å². The summed E-state index contributed by atoms with van der Waals surface area (Å²) in [5.74, 6) is -2.27. The zero-order valence-corrected chi connectivity index (χ0v) is 14.3. The minimum absolute atomic E-state index is 0.155. The van der Waals surface area contributed by atoms with Crippen molar-refractivity contribution < 1.29 is 24.2 Å².